The molecular formula is C13HF27Li4N4O16S8. The van der Waals surface area contributed by atoms with Crippen molar-refractivity contribution in [1.82, 2.24) is 0 Å². The van der Waals surface area contributed by atoms with Gasteiger partial charge in [-0.05, 0) is 0 Å². The van der Waals surface area contributed by atoms with Crippen LogP contribution in [0.15, 0.2) is 0 Å². The first-order chi connectivity index (χ1) is 28.5. The number of halogens is 27. The molecule has 0 bridgehead atoms. The summed E-state index contributed by atoms with van der Waals surface area (Å²) in [4.78, 5) is 0. The summed E-state index contributed by atoms with van der Waals surface area (Å²) in [6.07, 6.45) is -5.50. The van der Waals surface area contributed by atoms with E-state index in [4.69, 9.17) is 0 Å². The molecule has 4 saturated heterocycles. The van der Waals surface area contributed by atoms with Crippen LogP contribution in [0.2, 0.25) is 0 Å². The van der Waals surface area contributed by atoms with Crippen molar-refractivity contribution < 1.29 is 261 Å². The van der Waals surface area contributed by atoms with Gasteiger partial charge in [0, 0.05) is 0 Å². The van der Waals surface area contributed by atoms with Crippen molar-refractivity contribution >= 4 is 80.2 Å². The Morgan fingerprint density at radius 1 is 0.278 bits per heavy atom. The second-order valence-electron chi connectivity index (χ2n) is 10.8. The zero-order valence-electron chi connectivity index (χ0n) is 32.4. The van der Waals surface area contributed by atoms with Crippen LogP contribution in [0.25, 0.3) is 16.5 Å². The Morgan fingerprint density at radius 3 is 0.611 bits per heavy atom. The van der Waals surface area contributed by atoms with Gasteiger partial charge >= 0.3 is 142 Å². The molecule has 0 saturated carbocycles. The van der Waals surface area contributed by atoms with Gasteiger partial charge in [0.2, 0.25) is 0 Å². The summed E-state index contributed by atoms with van der Waals surface area (Å²) in [6, 6.07) is 0. The minimum Gasteiger partial charge on any atom is -0.428 e. The molecule has 72 heavy (non-hydrogen) atoms. The van der Waals surface area contributed by atoms with Crippen molar-refractivity contribution in [3.63, 3.8) is 0 Å². The van der Waals surface area contributed by atoms with Gasteiger partial charge < -0.3 is 16.5 Å². The molecule has 410 valence electrons. The molecule has 4 rings (SSSR count). The summed E-state index contributed by atoms with van der Waals surface area (Å²) in [7, 11) is -51.5. The van der Waals surface area contributed by atoms with Crippen molar-refractivity contribution in [2.45, 2.75) is 72.4 Å². The fourth-order valence-electron chi connectivity index (χ4n) is 2.86. The number of hydrogen-bond donors (Lipinski definition) is 0. The quantitative estimate of drug-likeness (QED) is 0.161. The van der Waals surface area contributed by atoms with E-state index in [1.807, 2.05) is 0 Å². The van der Waals surface area contributed by atoms with Gasteiger partial charge in [-0.3, -0.25) is 0 Å². The van der Waals surface area contributed by atoms with Crippen LogP contribution in [0.5, 0.6) is 0 Å². The minimum atomic E-state index is -7.20. The van der Waals surface area contributed by atoms with E-state index >= 15 is 0 Å². The molecule has 1 atom stereocenters. The largest absolute Gasteiger partial charge is 1.00 e. The Hall–Kier alpha value is -0.0604. The molecule has 0 spiro atoms. The van der Waals surface area contributed by atoms with Crippen LogP contribution < -0.4 is 75.4 Å². The summed E-state index contributed by atoms with van der Waals surface area (Å²) in [6.45, 7) is 0. The van der Waals surface area contributed by atoms with E-state index in [1.54, 1.807) is 0 Å². The average molecular weight is 1270 g/mol. The van der Waals surface area contributed by atoms with Gasteiger partial charge in [0.15, 0.2) is 70.2 Å². The normalized spacial score (nSPS) is 30.4. The van der Waals surface area contributed by atoms with E-state index in [9.17, 15) is 186 Å². The van der Waals surface area contributed by atoms with Crippen LogP contribution in [-0.2, 0) is 80.2 Å². The van der Waals surface area contributed by atoms with Crippen molar-refractivity contribution in [3.05, 3.63) is 16.5 Å². The van der Waals surface area contributed by atoms with Crippen LogP contribution in [0, 0.1) is 0 Å². The van der Waals surface area contributed by atoms with Crippen molar-refractivity contribution in [2.75, 3.05) is 0 Å². The van der Waals surface area contributed by atoms with Gasteiger partial charge in [-0.15, -0.1) is 17.6 Å². The number of alkyl halides is 27. The summed E-state index contributed by atoms with van der Waals surface area (Å²) in [5.41, 5.74) is -4.39. The number of sulfonamides is 8. The topological polar surface area (TPSA) is 330 Å². The Balaban J connectivity index is -0.000000265. The van der Waals surface area contributed by atoms with Crippen molar-refractivity contribution in [2.24, 2.45) is 0 Å². The summed E-state index contributed by atoms with van der Waals surface area (Å²) in [5, 5.41) is -43.5. The number of rotatable bonds is 0. The van der Waals surface area contributed by atoms with Crippen molar-refractivity contribution in [3.8, 4) is 0 Å². The van der Waals surface area contributed by atoms with E-state index in [-0.39, 0.29) is 75.4 Å². The first-order valence-electron chi connectivity index (χ1n) is 13.0. The molecule has 20 nitrogen and oxygen atoms in total. The van der Waals surface area contributed by atoms with Gasteiger partial charge in [-0.25, -0.2) is 71.7 Å². The standard InChI is InChI=1S/C4F8NO4S2.C3F6NO4S2.C3HF5NO4S2.C2F4NO4S2.CF4.4Li/c5-1(6)2(7,8)4(11,12)19(16,17)13-18(14,15)3(1,9)10;4-1(5)2(6,7)15(11,12)10-16(13,14)3(1,8)9;4-1-2(5,6)3(7,8)15(12,13)9-14(1,10)11;3-1(4)2(5,6)13(10,11)7-12(1,8)9;2-1(3,4)5;;;;/h;;1H;;;;;;/q4*-1;;4*+1. The molecule has 0 aromatic rings. The first kappa shape index (κ1) is 80.8. The Kier molecular flexibility index (Phi) is 24.2. The summed E-state index contributed by atoms with van der Waals surface area (Å²) in [5.74, 6) is -26.9. The Morgan fingerprint density at radius 2 is 0.431 bits per heavy atom. The zero-order chi connectivity index (χ0) is 56.4. The van der Waals surface area contributed by atoms with Crippen LogP contribution in [0.1, 0.15) is 0 Å². The van der Waals surface area contributed by atoms with Gasteiger partial charge in [0.25, 0.3) is 5.50 Å². The smallest absolute Gasteiger partial charge is 0.428 e. The van der Waals surface area contributed by atoms with E-state index in [0.717, 1.165) is 8.25 Å². The Bertz CT molecular complexity index is 2790. The van der Waals surface area contributed by atoms with Crippen LogP contribution >= 0.6 is 0 Å². The fourth-order valence-corrected chi connectivity index (χ4v) is 14.1. The molecule has 0 aromatic carbocycles. The molecule has 4 aliphatic heterocycles. The van der Waals surface area contributed by atoms with Crippen LogP contribution in [0.4, 0.5) is 119 Å². The molecule has 1 unspecified atom stereocenters. The first-order valence-corrected chi connectivity index (χ1v) is 24.5. The third-order valence-electron chi connectivity index (χ3n) is 6.19. The number of nitrogens with zero attached hydrogens (tertiary/aromatic N) is 4. The molecule has 0 radical (unpaired) electrons. The molecule has 4 aliphatic rings. The predicted molar refractivity (Wildman–Crippen MR) is 151 cm³/mol. The molecule has 0 N–H and O–H groups in total. The average Bonchev–Trinajstić information content (AvgIpc) is 3.11. The van der Waals surface area contributed by atoms with E-state index in [2.05, 4.69) is 0 Å². The molecule has 0 aromatic heterocycles. The molecular weight excluding hydrogens is 1270 g/mol. The predicted octanol–water partition coefficient (Wildman–Crippen LogP) is -7.39. The molecule has 0 amide bonds. The van der Waals surface area contributed by atoms with Crippen LogP contribution in [-0.4, -0.2) is 140 Å². The SMILES string of the molecule is FC(F)(F)F.O=S1(=O)[N-]S(=O)(=O)C(F)(F)C(F)(F)C(F)(F)C1(F)F.O=S1(=O)[N-]S(=O)(=O)C(F)(F)C(F)(F)C1(F)F.O=S1(=O)[N-]S(=O)(=O)C(F)(F)C(F)(F)C1F.O=S1(=O)[N-]S(=O)(=O)C(F)(F)C1(F)F.[Li+].[Li+].[Li+].[Li+]. The van der Waals surface area contributed by atoms with Crippen LogP contribution in [0.3, 0.4) is 0 Å². The molecule has 59 heteroatoms. The maximum atomic E-state index is 12.7. The van der Waals surface area contributed by atoms with E-state index in [1.165, 1.54) is 8.25 Å². The summed E-state index contributed by atoms with van der Waals surface area (Å²) >= 11 is 0. The maximum Gasteiger partial charge on any atom is 1.00 e. The second kappa shape index (κ2) is 21.5. The third kappa shape index (κ3) is 12.7. The summed E-state index contributed by atoms with van der Waals surface area (Å²) < 4.78 is 496. The zero-order valence-corrected chi connectivity index (χ0v) is 38.9. The Labute approximate surface area is 427 Å². The van der Waals surface area contributed by atoms with Gasteiger partial charge in [-0.1, -0.05) is 0 Å². The minimum absolute atomic E-state index is 0. The molecule has 4 fully saturated rings. The van der Waals surface area contributed by atoms with Crippen molar-refractivity contribution in [1.29, 1.82) is 0 Å². The third-order valence-corrected chi connectivity index (χ3v) is 19.8. The molecule has 0 aliphatic carbocycles. The van der Waals surface area contributed by atoms with Gasteiger partial charge in [0.05, 0.1) is 0 Å². The number of hydrogen-bond acceptors (Lipinski definition) is 16. The second-order valence-corrected chi connectivity index (χ2v) is 24.9. The molecule has 4 heterocycles. The monoisotopic (exact) mass is 1270 g/mol. The maximum absolute atomic E-state index is 12.7. The van der Waals surface area contributed by atoms with Gasteiger partial charge in [-0.2, -0.15) is 96.6 Å². The van der Waals surface area contributed by atoms with E-state index < -0.39 is 153 Å². The van der Waals surface area contributed by atoms with E-state index in [0.29, 0.717) is 0 Å². The fraction of sp³-hybridized carbons (Fsp3) is 1.00. The van der Waals surface area contributed by atoms with Gasteiger partial charge in [0.1, 0.15) is 10.0 Å².